The molecule has 3 aromatic heterocycles. The van der Waals surface area contributed by atoms with Gasteiger partial charge in [-0.25, -0.2) is 13.4 Å². The summed E-state index contributed by atoms with van der Waals surface area (Å²) >= 11 is 0. The molecule has 0 aliphatic rings. The Morgan fingerprint density at radius 2 is 1.97 bits per heavy atom. The highest BCUT2D eigenvalue weighted by Crippen LogP contribution is 2.27. The van der Waals surface area contributed by atoms with Crippen LogP contribution in [0.4, 0.5) is 5.69 Å². The van der Waals surface area contributed by atoms with Crippen LogP contribution in [0, 0.1) is 6.92 Å². The molecule has 0 saturated carbocycles. The van der Waals surface area contributed by atoms with Gasteiger partial charge in [0.15, 0.2) is 5.54 Å². The number of aromatic nitrogens is 4. The SMILES string of the molecule is Cc1ccc(-c2noc(C(CO)(CO)NS(C)(=O)=O)n2)cc1NC(=O)c1cnc2ccccn12. The number of pyridine rings is 1. The Hall–Kier alpha value is -3.65. The summed E-state index contributed by atoms with van der Waals surface area (Å²) in [7, 11) is -3.82. The molecular weight excluding hydrogens is 464 g/mol. The van der Waals surface area contributed by atoms with Crippen LogP contribution in [0.2, 0.25) is 0 Å². The van der Waals surface area contributed by atoms with E-state index in [1.807, 2.05) is 13.0 Å². The van der Waals surface area contributed by atoms with Gasteiger partial charge < -0.3 is 20.1 Å². The van der Waals surface area contributed by atoms with Gasteiger partial charge in [0.25, 0.3) is 11.8 Å². The number of fused-ring (bicyclic) bond motifs is 1. The fourth-order valence-corrected chi connectivity index (χ4v) is 4.29. The number of aryl methyl sites for hydroxylation is 1. The lowest BCUT2D eigenvalue weighted by Gasteiger charge is -2.25. The summed E-state index contributed by atoms with van der Waals surface area (Å²) in [4.78, 5) is 21.3. The van der Waals surface area contributed by atoms with E-state index >= 15 is 0 Å². The number of hydrogen-bond acceptors (Lipinski definition) is 9. The third-order valence-corrected chi connectivity index (χ3v) is 5.91. The summed E-state index contributed by atoms with van der Waals surface area (Å²) < 4.78 is 32.4. The quantitative estimate of drug-likeness (QED) is 0.279. The van der Waals surface area contributed by atoms with Gasteiger partial charge in [0.05, 0.1) is 25.7 Å². The van der Waals surface area contributed by atoms with E-state index < -0.39 is 28.8 Å². The standard InChI is InChI=1S/C21H22N6O6S/c1-13-6-7-14(18-24-20(33-25-18)21(11-28,12-29)26-34(2,31)32)9-15(13)23-19(30)16-10-22-17-5-3-4-8-27(16)17/h3-10,26,28-29H,11-12H2,1-2H3,(H,23,30). The van der Waals surface area contributed by atoms with E-state index in [1.54, 1.807) is 40.9 Å². The number of carbonyl (C=O) groups is 1. The molecule has 34 heavy (non-hydrogen) atoms. The molecule has 0 saturated heterocycles. The Morgan fingerprint density at radius 1 is 1.21 bits per heavy atom. The van der Waals surface area contributed by atoms with Gasteiger partial charge in [-0.3, -0.25) is 9.20 Å². The highest BCUT2D eigenvalue weighted by molar-refractivity contribution is 7.88. The van der Waals surface area contributed by atoms with Crippen molar-refractivity contribution >= 4 is 27.3 Å². The van der Waals surface area contributed by atoms with Gasteiger partial charge in [-0.1, -0.05) is 23.4 Å². The number of amides is 1. The van der Waals surface area contributed by atoms with Crippen LogP contribution >= 0.6 is 0 Å². The Balaban J connectivity index is 1.64. The van der Waals surface area contributed by atoms with Crippen LogP contribution in [0.5, 0.6) is 0 Å². The van der Waals surface area contributed by atoms with Gasteiger partial charge in [0, 0.05) is 17.4 Å². The smallest absolute Gasteiger partial charge is 0.274 e. The fraction of sp³-hybridized carbons (Fsp3) is 0.238. The molecule has 1 aromatic carbocycles. The number of anilines is 1. The van der Waals surface area contributed by atoms with Gasteiger partial charge in [0.2, 0.25) is 15.8 Å². The van der Waals surface area contributed by atoms with Gasteiger partial charge in [-0.15, -0.1) is 0 Å². The van der Waals surface area contributed by atoms with Crippen molar-refractivity contribution < 1.29 is 27.9 Å². The molecule has 178 valence electrons. The van der Waals surface area contributed by atoms with Crippen molar-refractivity contribution in [2.24, 2.45) is 0 Å². The zero-order valence-electron chi connectivity index (χ0n) is 18.3. The summed E-state index contributed by atoms with van der Waals surface area (Å²) in [6, 6.07) is 10.5. The molecule has 0 atom stereocenters. The fourth-order valence-electron chi connectivity index (χ4n) is 3.37. The van der Waals surface area contributed by atoms with E-state index in [0.29, 0.717) is 22.6 Å². The summed E-state index contributed by atoms with van der Waals surface area (Å²) in [6.07, 6.45) is 4.09. The van der Waals surface area contributed by atoms with Crippen LogP contribution < -0.4 is 10.0 Å². The van der Waals surface area contributed by atoms with Crippen molar-refractivity contribution in [2.75, 3.05) is 24.8 Å². The largest absolute Gasteiger partial charge is 0.394 e. The number of aliphatic hydroxyl groups is 2. The zero-order chi connectivity index (χ0) is 24.5. The van der Waals surface area contributed by atoms with Crippen LogP contribution in [0.15, 0.2) is 53.3 Å². The first-order chi connectivity index (χ1) is 16.2. The molecular formula is C21H22N6O6S. The first-order valence-electron chi connectivity index (χ1n) is 10.0. The lowest BCUT2D eigenvalue weighted by atomic mass is 10.0. The van der Waals surface area contributed by atoms with E-state index in [-0.39, 0.29) is 17.6 Å². The predicted molar refractivity (Wildman–Crippen MR) is 121 cm³/mol. The Kier molecular flexibility index (Phi) is 6.18. The summed E-state index contributed by atoms with van der Waals surface area (Å²) in [5.74, 6) is -0.610. The maximum absolute atomic E-state index is 12.9. The topological polar surface area (TPSA) is 172 Å². The lowest BCUT2D eigenvalue weighted by Crippen LogP contribution is -2.51. The number of benzene rings is 1. The predicted octanol–water partition coefficient (Wildman–Crippen LogP) is 0.674. The Morgan fingerprint density at radius 3 is 2.68 bits per heavy atom. The number of aliphatic hydroxyl groups excluding tert-OH is 2. The second-order valence-corrected chi connectivity index (χ2v) is 9.50. The van der Waals surface area contributed by atoms with E-state index in [1.165, 1.54) is 6.20 Å². The van der Waals surface area contributed by atoms with Crippen LogP contribution in [0.25, 0.3) is 17.0 Å². The molecule has 0 unspecified atom stereocenters. The molecule has 4 rings (SSSR count). The van der Waals surface area contributed by atoms with Gasteiger partial charge in [0.1, 0.15) is 11.3 Å². The first-order valence-corrected chi connectivity index (χ1v) is 11.9. The van der Waals surface area contributed by atoms with E-state index in [2.05, 4.69) is 25.2 Å². The number of nitrogens with zero attached hydrogens (tertiary/aromatic N) is 4. The molecule has 0 aliphatic heterocycles. The number of nitrogens with one attached hydrogen (secondary N) is 2. The molecule has 12 nitrogen and oxygen atoms in total. The summed E-state index contributed by atoms with van der Waals surface area (Å²) in [6.45, 7) is 0.188. The third-order valence-electron chi connectivity index (χ3n) is 5.15. The summed E-state index contributed by atoms with van der Waals surface area (Å²) in [5, 5.41) is 26.2. The minimum atomic E-state index is -3.82. The minimum absolute atomic E-state index is 0.0712. The van der Waals surface area contributed by atoms with Crippen molar-refractivity contribution in [1.29, 1.82) is 0 Å². The van der Waals surface area contributed by atoms with Crippen LogP contribution in [-0.4, -0.2) is 63.5 Å². The average molecular weight is 487 g/mol. The first kappa shape index (κ1) is 23.5. The average Bonchev–Trinajstić information content (AvgIpc) is 3.46. The van der Waals surface area contributed by atoms with Gasteiger partial charge >= 0.3 is 0 Å². The minimum Gasteiger partial charge on any atom is -0.394 e. The second kappa shape index (κ2) is 8.95. The molecule has 0 fully saturated rings. The number of rotatable bonds is 8. The molecule has 0 spiro atoms. The normalized spacial score (nSPS) is 12.2. The van der Waals surface area contributed by atoms with Crippen molar-refractivity contribution in [3.05, 3.63) is 65.9 Å². The van der Waals surface area contributed by atoms with Gasteiger partial charge in [-0.2, -0.15) is 9.71 Å². The van der Waals surface area contributed by atoms with E-state index in [4.69, 9.17) is 4.52 Å². The molecule has 0 radical (unpaired) electrons. The third kappa shape index (κ3) is 4.54. The zero-order valence-corrected chi connectivity index (χ0v) is 19.1. The number of carbonyl (C=O) groups excluding carboxylic acids is 1. The van der Waals surface area contributed by atoms with Crippen molar-refractivity contribution in [1.82, 2.24) is 24.2 Å². The van der Waals surface area contributed by atoms with Gasteiger partial charge in [-0.05, 0) is 30.7 Å². The van der Waals surface area contributed by atoms with Crippen LogP contribution in [0.3, 0.4) is 0 Å². The number of imidazole rings is 1. The van der Waals surface area contributed by atoms with E-state index in [9.17, 15) is 23.4 Å². The van der Waals surface area contributed by atoms with E-state index in [0.717, 1.165) is 11.8 Å². The van der Waals surface area contributed by atoms with Crippen molar-refractivity contribution in [3.8, 4) is 11.4 Å². The molecule has 0 bridgehead atoms. The molecule has 4 N–H and O–H groups in total. The monoisotopic (exact) mass is 486 g/mol. The lowest BCUT2D eigenvalue weighted by molar-refractivity contribution is 0.0810. The highest BCUT2D eigenvalue weighted by atomic mass is 32.2. The molecule has 0 aliphatic carbocycles. The number of hydrogen-bond donors (Lipinski definition) is 4. The number of sulfonamides is 1. The van der Waals surface area contributed by atoms with Crippen molar-refractivity contribution in [3.63, 3.8) is 0 Å². The maximum atomic E-state index is 12.9. The molecule has 1 amide bonds. The highest BCUT2D eigenvalue weighted by Gasteiger charge is 2.40. The second-order valence-electron chi connectivity index (χ2n) is 7.75. The Bertz CT molecular complexity index is 1460. The molecule has 13 heteroatoms. The van der Waals surface area contributed by atoms with Crippen LogP contribution in [-0.2, 0) is 15.6 Å². The summed E-state index contributed by atoms with van der Waals surface area (Å²) in [5.41, 5.74) is 0.821. The molecule has 3 heterocycles. The van der Waals surface area contributed by atoms with Crippen molar-refractivity contribution in [2.45, 2.75) is 12.5 Å². The van der Waals surface area contributed by atoms with Crippen LogP contribution in [0.1, 0.15) is 21.9 Å². The maximum Gasteiger partial charge on any atom is 0.274 e. The Labute approximate surface area is 194 Å². The molecule has 4 aromatic rings.